The third-order valence-corrected chi connectivity index (χ3v) is 4.25. The number of amides is 1. The predicted molar refractivity (Wildman–Crippen MR) is 103 cm³/mol. The highest BCUT2D eigenvalue weighted by Gasteiger charge is 2.14. The zero-order valence-corrected chi connectivity index (χ0v) is 15.3. The number of anilines is 1. The number of benzene rings is 2. The SMILES string of the molecule is CCc1cc(=O)n(CC(=O)Nc2ccc(F)c(Cl)c2)c(-c2ccccc2)n1. The summed E-state index contributed by atoms with van der Waals surface area (Å²) in [6.07, 6.45) is 0.607. The van der Waals surface area contributed by atoms with Gasteiger partial charge in [0, 0.05) is 23.0 Å². The molecule has 0 saturated heterocycles. The van der Waals surface area contributed by atoms with E-state index in [9.17, 15) is 14.0 Å². The molecule has 0 atom stereocenters. The quantitative estimate of drug-likeness (QED) is 0.724. The standard InChI is InChI=1S/C20H17ClFN3O2/c1-2-14-11-19(27)25(20(24-14)13-6-4-3-5-7-13)12-18(26)23-15-8-9-17(22)16(21)10-15/h3-11H,2,12H2,1H3,(H,23,26). The summed E-state index contributed by atoms with van der Waals surface area (Å²) in [6, 6.07) is 14.5. The molecule has 1 amide bonds. The number of hydrogen-bond donors (Lipinski definition) is 1. The van der Waals surface area contributed by atoms with E-state index in [-0.39, 0.29) is 17.1 Å². The minimum absolute atomic E-state index is 0.0936. The van der Waals surface area contributed by atoms with Crippen molar-refractivity contribution < 1.29 is 9.18 Å². The number of nitrogens with zero attached hydrogens (tertiary/aromatic N) is 2. The molecule has 0 spiro atoms. The largest absolute Gasteiger partial charge is 0.324 e. The zero-order chi connectivity index (χ0) is 19.4. The van der Waals surface area contributed by atoms with E-state index in [0.717, 1.165) is 11.6 Å². The smallest absolute Gasteiger partial charge is 0.254 e. The summed E-state index contributed by atoms with van der Waals surface area (Å²) in [4.78, 5) is 29.5. The minimum atomic E-state index is -0.573. The van der Waals surface area contributed by atoms with Crippen LogP contribution in [0.25, 0.3) is 11.4 Å². The molecule has 0 unspecified atom stereocenters. The van der Waals surface area contributed by atoms with Gasteiger partial charge < -0.3 is 5.32 Å². The van der Waals surface area contributed by atoms with Crippen LogP contribution in [0.3, 0.4) is 0 Å². The van der Waals surface area contributed by atoms with Crippen molar-refractivity contribution in [3.63, 3.8) is 0 Å². The molecule has 1 N–H and O–H groups in total. The number of carbonyl (C=O) groups is 1. The lowest BCUT2D eigenvalue weighted by Gasteiger charge is -2.13. The zero-order valence-electron chi connectivity index (χ0n) is 14.6. The summed E-state index contributed by atoms with van der Waals surface area (Å²) >= 11 is 5.73. The summed E-state index contributed by atoms with van der Waals surface area (Å²) in [6.45, 7) is 1.68. The maximum Gasteiger partial charge on any atom is 0.254 e. The number of rotatable bonds is 5. The molecule has 3 aromatic rings. The molecule has 0 radical (unpaired) electrons. The van der Waals surface area contributed by atoms with Gasteiger partial charge >= 0.3 is 0 Å². The van der Waals surface area contributed by atoms with Crippen molar-refractivity contribution in [1.29, 1.82) is 0 Å². The molecular weight excluding hydrogens is 369 g/mol. The maximum atomic E-state index is 13.2. The van der Waals surface area contributed by atoms with E-state index in [2.05, 4.69) is 10.3 Å². The second-order valence-corrected chi connectivity index (χ2v) is 6.30. The van der Waals surface area contributed by atoms with Crippen LogP contribution in [0.4, 0.5) is 10.1 Å². The van der Waals surface area contributed by atoms with Crippen LogP contribution in [0.2, 0.25) is 5.02 Å². The average molecular weight is 386 g/mol. The fourth-order valence-electron chi connectivity index (χ4n) is 2.61. The van der Waals surface area contributed by atoms with Gasteiger partial charge in [-0.15, -0.1) is 0 Å². The number of nitrogens with one attached hydrogen (secondary N) is 1. The Balaban J connectivity index is 1.92. The Morgan fingerprint density at radius 3 is 2.59 bits per heavy atom. The van der Waals surface area contributed by atoms with Crippen LogP contribution in [0.5, 0.6) is 0 Å². The Hall–Kier alpha value is -2.99. The van der Waals surface area contributed by atoms with Crippen LogP contribution in [0.1, 0.15) is 12.6 Å². The van der Waals surface area contributed by atoms with Crippen molar-refractivity contribution in [2.45, 2.75) is 19.9 Å². The van der Waals surface area contributed by atoms with Gasteiger partial charge in [-0.05, 0) is 24.6 Å². The summed E-state index contributed by atoms with van der Waals surface area (Å²) < 4.78 is 14.6. The van der Waals surface area contributed by atoms with E-state index in [1.54, 1.807) is 0 Å². The second kappa shape index (κ2) is 8.14. The first-order valence-corrected chi connectivity index (χ1v) is 8.77. The number of halogens is 2. The van der Waals surface area contributed by atoms with Gasteiger partial charge in [-0.1, -0.05) is 48.9 Å². The van der Waals surface area contributed by atoms with E-state index in [1.165, 1.54) is 22.8 Å². The molecule has 0 saturated carbocycles. The Morgan fingerprint density at radius 2 is 1.93 bits per heavy atom. The third kappa shape index (κ3) is 4.41. The summed E-state index contributed by atoms with van der Waals surface area (Å²) in [5, 5.41) is 2.52. The van der Waals surface area contributed by atoms with Gasteiger partial charge in [-0.2, -0.15) is 0 Å². The van der Waals surface area contributed by atoms with Crippen LogP contribution in [-0.2, 0) is 17.8 Å². The first kappa shape index (κ1) is 18.8. The normalized spacial score (nSPS) is 10.6. The Kier molecular flexibility index (Phi) is 5.66. The van der Waals surface area contributed by atoms with Crippen molar-refractivity contribution in [1.82, 2.24) is 9.55 Å². The Bertz CT molecular complexity index is 1040. The molecule has 0 aliphatic carbocycles. The number of hydrogen-bond acceptors (Lipinski definition) is 3. The second-order valence-electron chi connectivity index (χ2n) is 5.89. The van der Waals surface area contributed by atoms with E-state index in [4.69, 9.17) is 11.6 Å². The number of aryl methyl sites for hydroxylation is 1. The molecule has 0 fully saturated rings. The fraction of sp³-hybridized carbons (Fsp3) is 0.150. The van der Waals surface area contributed by atoms with Gasteiger partial charge in [0.1, 0.15) is 18.2 Å². The molecule has 3 rings (SSSR count). The van der Waals surface area contributed by atoms with Crippen LogP contribution >= 0.6 is 11.6 Å². The summed E-state index contributed by atoms with van der Waals surface area (Å²) in [5.74, 6) is -0.591. The number of carbonyl (C=O) groups excluding carboxylic acids is 1. The van der Waals surface area contributed by atoms with Gasteiger partial charge in [-0.3, -0.25) is 14.2 Å². The molecule has 7 heteroatoms. The van der Waals surface area contributed by atoms with E-state index < -0.39 is 11.7 Å². The van der Waals surface area contributed by atoms with Crippen molar-refractivity contribution in [2.24, 2.45) is 0 Å². The lowest BCUT2D eigenvalue weighted by atomic mass is 10.2. The Morgan fingerprint density at radius 1 is 1.19 bits per heavy atom. The van der Waals surface area contributed by atoms with Gasteiger partial charge in [0.25, 0.3) is 5.56 Å². The molecule has 27 heavy (non-hydrogen) atoms. The molecule has 1 heterocycles. The van der Waals surface area contributed by atoms with E-state index >= 15 is 0 Å². The lowest BCUT2D eigenvalue weighted by molar-refractivity contribution is -0.116. The Labute approximate surface area is 160 Å². The monoisotopic (exact) mass is 385 g/mol. The molecule has 138 valence electrons. The highest BCUT2D eigenvalue weighted by molar-refractivity contribution is 6.31. The summed E-state index contributed by atoms with van der Waals surface area (Å²) in [5.41, 5.74) is 1.43. The molecule has 0 bridgehead atoms. The predicted octanol–water partition coefficient (Wildman–Crippen LogP) is 3.90. The fourth-order valence-corrected chi connectivity index (χ4v) is 2.79. The topological polar surface area (TPSA) is 64.0 Å². The first-order chi connectivity index (χ1) is 13.0. The minimum Gasteiger partial charge on any atom is -0.324 e. The van der Waals surface area contributed by atoms with E-state index in [1.807, 2.05) is 37.3 Å². The lowest BCUT2D eigenvalue weighted by Crippen LogP contribution is -2.30. The molecule has 0 aliphatic heterocycles. The van der Waals surface area contributed by atoms with Crippen LogP contribution in [0.15, 0.2) is 59.4 Å². The summed E-state index contributed by atoms with van der Waals surface area (Å²) in [7, 11) is 0. The number of aromatic nitrogens is 2. The van der Waals surface area contributed by atoms with Crippen LogP contribution in [0, 0.1) is 5.82 Å². The third-order valence-electron chi connectivity index (χ3n) is 3.96. The van der Waals surface area contributed by atoms with Gasteiger partial charge in [-0.25, -0.2) is 9.37 Å². The van der Waals surface area contributed by atoms with Crippen molar-refractivity contribution in [2.75, 3.05) is 5.32 Å². The van der Waals surface area contributed by atoms with Crippen LogP contribution in [-0.4, -0.2) is 15.5 Å². The molecular formula is C20H17ClFN3O2. The molecule has 5 nitrogen and oxygen atoms in total. The first-order valence-electron chi connectivity index (χ1n) is 8.39. The van der Waals surface area contributed by atoms with Gasteiger partial charge in [0.15, 0.2) is 0 Å². The van der Waals surface area contributed by atoms with E-state index in [0.29, 0.717) is 23.6 Å². The molecule has 1 aromatic heterocycles. The molecule has 0 aliphatic rings. The van der Waals surface area contributed by atoms with Gasteiger partial charge in [0.05, 0.1) is 5.02 Å². The van der Waals surface area contributed by atoms with Crippen molar-refractivity contribution in [3.8, 4) is 11.4 Å². The highest BCUT2D eigenvalue weighted by atomic mass is 35.5. The van der Waals surface area contributed by atoms with Crippen molar-refractivity contribution in [3.05, 3.63) is 81.5 Å². The molecule has 2 aromatic carbocycles. The van der Waals surface area contributed by atoms with Gasteiger partial charge in [0.2, 0.25) is 5.91 Å². The highest BCUT2D eigenvalue weighted by Crippen LogP contribution is 2.20. The van der Waals surface area contributed by atoms with Crippen molar-refractivity contribution >= 4 is 23.2 Å². The maximum absolute atomic E-state index is 13.2. The van der Waals surface area contributed by atoms with Crippen LogP contribution < -0.4 is 10.9 Å². The average Bonchev–Trinajstić information content (AvgIpc) is 2.66.